The molecule has 0 heterocycles. The molecule has 0 saturated heterocycles. The van der Waals surface area contributed by atoms with Crippen molar-refractivity contribution < 1.29 is 38.4 Å². The number of phosphoric ester groups is 1. The average molecular weight is 528 g/mol. The second-order valence-corrected chi connectivity index (χ2v) is 10.2. The Morgan fingerprint density at radius 3 is 2.14 bits per heavy atom. The third kappa shape index (κ3) is 8.42. The molecule has 11 heteroatoms. The molecule has 0 spiro atoms. The van der Waals surface area contributed by atoms with E-state index in [1.165, 1.54) is 24.3 Å². The van der Waals surface area contributed by atoms with Crippen molar-refractivity contribution in [2.45, 2.75) is 38.8 Å². The number of rotatable bonds is 11. The third-order valence-corrected chi connectivity index (χ3v) is 5.99. The average Bonchev–Trinajstić information content (AvgIpc) is 2.82. The van der Waals surface area contributed by atoms with Crippen LogP contribution in [0.15, 0.2) is 66.7 Å². The molecule has 10 nitrogen and oxygen atoms in total. The van der Waals surface area contributed by atoms with Crippen LogP contribution in [-0.2, 0) is 20.6 Å². The normalized spacial score (nSPS) is 13.1. The van der Waals surface area contributed by atoms with Crippen molar-refractivity contribution in [2.24, 2.45) is 5.92 Å². The van der Waals surface area contributed by atoms with Crippen LogP contribution in [0.3, 0.4) is 0 Å². The van der Waals surface area contributed by atoms with Crippen LogP contribution in [0.4, 0.5) is 0 Å². The second kappa shape index (κ2) is 12.0. The molecule has 0 bridgehead atoms. The summed E-state index contributed by atoms with van der Waals surface area (Å²) in [4.78, 5) is 55.9. The number of fused-ring (bicyclic) bond motifs is 1. The number of carbonyl (C=O) groups excluding carboxylic acids is 2. The minimum absolute atomic E-state index is 0.00460. The monoisotopic (exact) mass is 528 g/mol. The zero-order valence-corrected chi connectivity index (χ0v) is 21.2. The molecule has 0 saturated carbocycles. The molecule has 0 aromatic heterocycles. The minimum atomic E-state index is -4.73. The van der Waals surface area contributed by atoms with Gasteiger partial charge in [-0.05, 0) is 52.9 Å². The molecular formula is C26H29N2O8P. The van der Waals surface area contributed by atoms with Crippen molar-refractivity contribution in [2.75, 3.05) is 0 Å². The van der Waals surface area contributed by atoms with Gasteiger partial charge in [0.15, 0.2) is 0 Å². The molecule has 3 rings (SSSR count). The third-order valence-electron chi connectivity index (χ3n) is 5.54. The smallest absolute Gasteiger partial charge is 0.480 e. The molecule has 5 N–H and O–H groups in total. The van der Waals surface area contributed by atoms with E-state index in [0.29, 0.717) is 11.1 Å². The first kappa shape index (κ1) is 27.9. The molecule has 0 radical (unpaired) electrons. The maximum absolute atomic E-state index is 13.2. The predicted octanol–water partition coefficient (Wildman–Crippen LogP) is 3.27. The molecule has 2 atom stereocenters. The highest BCUT2D eigenvalue weighted by Gasteiger charge is 2.28. The van der Waals surface area contributed by atoms with E-state index >= 15 is 0 Å². The molecule has 0 aliphatic rings. The number of aliphatic carboxylic acids is 1. The molecule has 196 valence electrons. The van der Waals surface area contributed by atoms with Gasteiger partial charge < -0.3 is 20.3 Å². The van der Waals surface area contributed by atoms with E-state index in [2.05, 4.69) is 15.2 Å². The number of nitrogens with one attached hydrogen (secondary N) is 2. The van der Waals surface area contributed by atoms with Gasteiger partial charge in [0.2, 0.25) is 5.91 Å². The van der Waals surface area contributed by atoms with E-state index in [1.54, 1.807) is 18.2 Å². The van der Waals surface area contributed by atoms with Crippen LogP contribution in [0.5, 0.6) is 5.75 Å². The Kier molecular flexibility index (Phi) is 9.04. The molecular weight excluding hydrogens is 499 g/mol. The summed E-state index contributed by atoms with van der Waals surface area (Å²) in [5.74, 6) is -2.42. The summed E-state index contributed by atoms with van der Waals surface area (Å²) in [6.07, 6.45) is 0.205. The topological polar surface area (TPSA) is 162 Å². The van der Waals surface area contributed by atoms with Crippen molar-refractivity contribution in [3.63, 3.8) is 0 Å². The van der Waals surface area contributed by atoms with Crippen LogP contribution in [0.2, 0.25) is 0 Å². The lowest BCUT2D eigenvalue weighted by molar-refractivity contribution is -0.142. The summed E-state index contributed by atoms with van der Waals surface area (Å²) in [7, 11) is -4.73. The Labute approximate surface area is 213 Å². The van der Waals surface area contributed by atoms with Crippen molar-refractivity contribution in [3.05, 3.63) is 77.9 Å². The number of hydrogen-bond donors (Lipinski definition) is 5. The maximum atomic E-state index is 13.2. The number of hydrogen-bond acceptors (Lipinski definition) is 5. The second-order valence-electron chi connectivity index (χ2n) is 9.05. The van der Waals surface area contributed by atoms with Crippen LogP contribution >= 0.6 is 7.82 Å². The highest BCUT2D eigenvalue weighted by Crippen LogP contribution is 2.37. The van der Waals surface area contributed by atoms with E-state index in [1.807, 2.05) is 38.1 Å². The summed E-state index contributed by atoms with van der Waals surface area (Å²) >= 11 is 0. The van der Waals surface area contributed by atoms with Gasteiger partial charge in [-0.3, -0.25) is 19.4 Å². The summed E-state index contributed by atoms with van der Waals surface area (Å²) in [5.41, 5.74) is 0.881. The van der Waals surface area contributed by atoms with E-state index in [9.17, 15) is 24.1 Å². The van der Waals surface area contributed by atoms with Crippen molar-refractivity contribution in [3.8, 4) is 5.75 Å². The van der Waals surface area contributed by atoms with Crippen LogP contribution in [-0.4, -0.2) is 44.8 Å². The lowest BCUT2D eigenvalue weighted by Gasteiger charge is -2.23. The fraction of sp³-hybridized carbons (Fsp3) is 0.269. The standard InChI is InChI=1S/C26H29N2O8P/c1-16(2)13-23(26(31)32)28-25(30)22(14-17-7-11-21(12-8-17)36-37(33,34)35)27-24(29)20-10-9-18-5-3-4-6-19(18)15-20/h3-12,15-16,22-23H,13-14H2,1-2H3,(H,27,29)(H,28,30)(H,31,32)(H2,33,34,35). The molecule has 3 aromatic carbocycles. The van der Waals surface area contributed by atoms with Crippen molar-refractivity contribution in [1.29, 1.82) is 0 Å². The fourth-order valence-corrected chi connectivity index (χ4v) is 4.20. The molecule has 0 fully saturated rings. The number of amides is 2. The first-order valence-electron chi connectivity index (χ1n) is 11.6. The van der Waals surface area contributed by atoms with Gasteiger partial charge in [0.05, 0.1) is 0 Å². The maximum Gasteiger partial charge on any atom is 0.524 e. The van der Waals surface area contributed by atoms with Gasteiger partial charge in [0.1, 0.15) is 17.8 Å². The van der Waals surface area contributed by atoms with Crippen molar-refractivity contribution >= 4 is 36.4 Å². The van der Waals surface area contributed by atoms with E-state index in [4.69, 9.17) is 9.79 Å². The summed E-state index contributed by atoms with van der Waals surface area (Å²) in [5, 5.41) is 16.6. The first-order valence-corrected chi connectivity index (χ1v) is 13.1. The Balaban J connectivity index is 1.83. The van der Waals surface area contributed by atoms with Gasteiger partial charge >= 0.3 is 13.8 Å². The number of benzene rings is 3. The summed E-state index contributed by atoms with van der Waals surface area (Å²) in [6.45, 7) is 3.67. The Morgan fingerprint density at radius 1 is 0.892 bits per heavy atom. The number of carboxylic acid groups (broad SMARTS) is 1. The number of phosphoric acid groups is 1. The first-order chi connectivity index (χ1) is 17.4. The lowest BCUT2D eigenvalue weighted by Crippen LogP contribution is -2.52. The van der Waals surface area contributed by atoms with E-state index in [-0.39, 0.29) is 24.5 Å². The molecule has 0 aliphatic heterocycles. The zero-order valence-electron chi connectivity index (χ0n) is 20.3. The summed E-state index contributed by atoms with van der Waals surface area (Å²) in [6, 6.07) is 16.0. The van der Waals surface area contributed by atoms with E-state index in [0.717, 1.165) is 10.8 Å². The number of carboxylic acids is 1. The Morgan fingerprint density at radius 2 is 1.54 bits per heavy atom. The van der Waals surface area contributed by atoms with Crippen LogP contribution in [0, 0.1) is 5.92 Å². The highest BCUT2D eigenvalue weighted by atomic mass is 31.2. The number of carbonyl (C=O) groups is 3. The van der Waals surface area contributed by atoms with E-state index < -0.39 is 37.7 Å². The van der Waals surface area contributed by atoms with Crippen molar-refractivity contribution in [1.82, 2.24) is 10.6 Å². The molecule has 2 amide bonds. The Bertz CT molecular complexity index is 1320. The highest BCUT2D eigenvalue weighted by molar-refractivity contribution is 7.46. The van der Waals surface area contributed by atoms with Gasteiger partial charge in [-0.1, -0.05) is 56.3 Å². The van der Waals surface area contributed by atoms with Crippen LogP contribution in [0.25, 0.3) is 10.8 Å². The molecule has 0 aliphatic carbocycles. The molecule has 2 unspecified atom stereocenters. The van der Waals surface area contributed by atoms with Crippen LogP contribution in [0.1, 0.15) is 36.2 Å². The molecule has 3 aromatic rings. The molecule has 37 heavy (non-hydrogen) atoms. The predicted molar refractivity (Wildman–Crippen MR) is 137 cm³/mol. The minimum Gasteiger partial charge on any atom is -0.480 e. The van der Waals surface area contributed by atoms with Gasteiger partial charge in [0.25, 0.3) is 5.91 Å². The van der Waals surface area contributed by atoms with Gasteiger partial charge in [-0.15, -0.1) is 0 Å². The quantitative estimate of drug-likeness (QED) is 0.237. The Hall–Kier alpha value is -3.72. The lowest BCUT2D eigenvalue weighted by atomic mass is 10.0. The zero-order chi connectivity index (χ0) is 27.2. The van der Waals surface area contributed by atoms with Crippen LogP contribution < -0.4 is 15.2 Å². The van der Waals surface area contributed by atoms with Gasteiger partial charge in [-0.25, -0.2) is 9.36 Å². The van der Waals surface area contributed by atoms with Gasteiger partial charge in [-0.2, -0.15) is 0 Å². The SMILES string of the molecule is CC(C)CC(NC(=O)C(Cc1ccc(OP(=O)(O)O)cc1)NC(=O)c1ccc2ccccc2c1)C(=O)O. The summed E-state index contributed by atoms with van der Waals surface area (Å²) < 4.78 is 15.6. The largest absolute Gasteiger partial charge is 0.524 e. The van der Waals surface area contributed by atoms with Gasteiger partial charge in [0, 0.05) is 12.0 Å². The fourth-order valence-electron chi connectivity index (χ4n) is 3.81.